The Kier molecular flexibility index (Phi) is 6.82. The topological polar surface area (TPSA) is 97.8 Å². The first kappa shape index (κ1) is 25.4. The van der Waals surface area contributed by atoms with Crippen LogP contribution in [0.5, 0.6) is 0 Å². The summed E-state index contributed by atoms with van der Waals surface area (Å²) in [6, 6.07) is 7.24. The van der Waals surface area contributed by atoms with Gasteiger partial charge in [0.2, 0.25) is 5.95 Å². The third-order valence-corrected chi connectivity index (χ3v) is 7.06. The van der Waals surface area contributed by atoms with E-state index in [1.165, 1.54) is 6.07 Å². The smallest absolute Gasteiger partial charge is 0.229 e. The van der Waals surface area contributed by atoms with Gasteiger partial charge >= 0.3 is 0 Å². The fourth-order valence-electron chi connectivity index (χ4n) is 4.99. The van der Waals surface area contributed by atoms with E-state index in [4.69, 9.17) is 10.7 Å². The Bertz CT molecular complexity index is 1470. The fraction of sp³-hybridized carbons (Fsp3) is 0.385. The molecule has 11 heteroatoms. The maximum atomic E-state index is 15.0. The lowest BCUT2D eigenvalue weighted by Crippen LogP contribution is -2.44. The van der Waals surface area contributed by atoms with Gasteiger partial charge in [0.05, 0.1) is 17.9 Å². The lowest BCUT2D eigenvalue weighted by Gasteiger charge is -2.32. The minimum atomic E-state index is -0.626. The summed E-state index contributed by atoms with van der Waals surface area (Å²) in [4.78, 5) is 19.8. The van der Waals surface area contributed by atoms with Crippen molar-refractivity contribution >= 4 is 35.2 Å². The van der Waals surface area contributed by atoms with Gasteiger partial charge in [0, 0.05) is 36.8 Å². The molecule has 3 N–H and O–H groups in total. The Morgan fingerprint density at radius 1 is 1.14 bits per heavy atom. The van der Waals surface area contributed by atoms with Crippen LogP contribution in [0.2, 0.25) is 0 Å². The Balaban J connectivity index is 0.00000280. The van der Waals surface area contributed by atoms with Crippen LogP contribution in [0.15, 0.2) is 30.5 Å². The minimum absolute atomic E-state index is 0. The maximum absolute atomic E-state index is 15.0. The highest BCUT2D eigenvalue weighted by Gasteiger charge is 2.28. The number of imidazole rings is 1. The molecule has 0 spiro atoms. The first-order valence-electron chi connectivity index (χ1n) is 12.4. The van der Waals surface area contributed by atoms with Crippen molar-refractivity contribution in [3.05, 3.63) is 59.2 Å². The summed E-state index contributed by atoms with van der Waals surface area (Å²) >= 11 is 0. The number of nitrogens with one attached hydrogen (secondary N) is 1. The van der Waals surface area contributed by atoms with Gasteiger partial charge in [-0.1, -0.05) is 13.0 Å². The van der Waals surface area contributed by atoms with Crippen molar-refractivity contribution in [2.75, 3.05) is 11.9 Å². The number of halogens is 3. The van der Waals surface area contributed by atoms with Gasteiger partial charge in [0.25, 0.3) is 0 Å². The third-order valence-electron chi connectivity index (χ3n) is 7.06. The van der Waals surface area contributed by atoms with Crippen LogP contribution >= 0.6 is 12.4 Å². The number of hydrogen-bond acceptors (Lipinski definition) is 7. The molecule has 1 unspecified atom stereocenters. The van der Waals surface area contributed by atoms with Gasteiger partial charge in [0.15, 0.2) is 11.6 Å². The van der Waals surface area contributed by atoms with Crippen molar-refractivity contribution in [3.63, 3.8) is 0 Å². The first-order valence-corrected chi connectivity index (χ1v) is 12.4. The van der Waals surface area contributed by atoms with Crippen LogP contribution in [0.1, 0.15) is 49.3 Å². The van der Waals surface area contributed by atoms with Crippen molar-refractivity contribution in [1.29, 1.82) is 0 Å². The van der Waals surface area contributed by atoms with Crippen molar-refractivity contribution in [3.8, 4) is 11.3 Å². The number of aryl methyl sites for hydroxylation is 1. The molecule has 0 amide bonds. The Hall–Kier alpha value is -3.21. The second-order valence-electron chi connectivity index (χ2n) is 9.60. The molecule has 1 aliphatic heterocycles. The van der Waals surface area contributed by atoms with Crippen molar-refractivity contribution in [1.82, 2.24) is 29.4 Å². The molecule has 4 aromatic rings. The lowest BCUT2D eigenvalue weighted by molar-refractivity contribution is 0.176. The van der Waals surface area contributed by atoms with Gasteiger partial charge in [-0.2, -0.15) is 0 Å². The summed E-state index contributed by atoms with van der Waals surface area (Å²) in [6.07, 6.45) is 4.89. The van der Waals surface area contributed by atoms with Crippen LogP contribution in [-0.2, 0) is 13.0 Å². The Morgan fingerprint density at radius 2 is 1.95 bits per heavy atom. The van der Waals surface area contributed by atoms with E-state index in [-0.39, 0.29) is 30.2 Å². The Labute approximate surface area is 219 Å². The summed E-state index contributed by atoms with van der Waals surface area (Å²) in [5.74, 6) is 0.401. The van der Waals surface area contributed by atoms with E-state index in [1.54, 1.807) is 6.07 Å². The second kappa shape index (κ2) is 9.92. The van der Waals surface area contributed by atoms with Gasteiger partial charge < -0.3 is 15.6 Å². The molecule has 0 bridgehead atoms. The van der Waals surface area contributed by atoms with E-state index < -0.39 is 11.6 Å². The summed E-state index contributed by atoms with van der Waals surface area (Å²) < 4.78 is 31.8. The average molecular weight is 527 g/mol. The highest BCUT2D eigenvalue weighted by Crippen LogP contribution is 2.40. The monoisotopic (exact) mass is 526 g/mol. The zero-order chi connectivity index (χ0) is 25.0. The van der Waals surface area contributed by atoms with E-state index in [0.29, 0.717) is 28.5 Å². The highest BCUT2D eigenvalue weighted by atomic mass is 35.5. The van der Waals surface area contributed by atoms with Gasteiger partial charge in [-0.25, -0.2) is 28.7 Å². The van der Waals surface area contributed by atoms with Crippen molar-refractivity contribution in [2.45, 2.75) is 58.3 Å². The van der Waals surface area contributed by atoms with Gasteiger partial charge in [-0.3, -0.25) is 4.90 Å². The summed E-state index contributed by atoms with van der Waals surface area (Å²) in [5, 5.41) is 3.08. The number of anilines is 2. The molecule has 6 rings (SSSR count). The van der Waals surface area contributed by atoms with Crippen LogP contribution in [0, 0.1) is 18.6 Å². The molecule has 8 nitrogen and oxygen atoms in total. The Morgan fingerprint density at radius 3 is 2.70 bits per heavy atom. The molecule has 1 saturated carbocycles. The minimum Gasteiger partial charge on any atom is -0.325 e. The lowest BCUT2D eigenvalue weighted by atomic mass is 10.0. The molecule has 0 radical (unpaired) electrons. The number of fused-ring (bicyclic) bond motifs is 2. The number of aromatic nitrogens is 5. The van der Waals surface area contributed by atoms with Crippen LogP contribution in [-0.4, -0.2) is 42.1 Å². The molecule has 0 saturated heterocycles. The van der Waals surface area contributed by atoms with Crippen LogP contribution < -0.4 is 11.1 Å². The number of hydrogen-bond donors (Lipinski definition) is 2. The van der Waals surface area contributed by atoms with Crippen molar-refractivity contribution < 1.29 is 8.78 Å². The summed E-state index contributed by atoms with van der Waals surface area (Å²) in [6.45, 7) is 5.56. The molecule has 37 heavy (non-hydrogen) atoms. The van der Waals surface area contributed by atoms with Gasteiger partial charge in [0.1, 0.15) is 22.9 Å². The molecule has 1 aliphatic carbocycles. The SMILES string of the molecule is CCC(N)N1CCc2nc(Nc3ncc(F)c(-c4cc(F)c5nc(C)n(C6CC6)c5c4)n3)ccc2C1.Cl. The fourth-order valence-corrected chi connectivity index (χ4v) is 4.99. The number of pyridine rings is 1. The van der Waals surface area contributed by atoms with Crippen LogP contribution in [0.4, 0.5) is 20.5 Å². The first-order chi connectivity index (χ1) is 17.4. The largest absolute Gasteiger partial charge is 0.325 e. The number of benzene rings is 1. The van der Waals surface area contributed by atoms with Gasteiger partial charge in [-0.15, -0.1) is 12.4 Å². The predicted octanol–water partition coefficient (Wildman–Crippen LogP) is 5.03. The molecule has 1 atom stereocenters. The van der Waals surface area contributed by atoms with E-state index in [0.717, 1.165) is 62.1 Å². The number of rotatable bonds is 6. The molecule has 3 aromatic heterocycles. The number of nitrogens with zero attached hydrogens (tertiary/aromatic N) is 6. The summed E-state index contributed by atoms with van der Waals surface area (Å²) in [5.41, 5.74) is 9.66. The molecule has 2 aliphatic rings. The zero-order valence-corrected chi connectivity index (χ0v) is 21.5. The van der Waals surface area contributed by atoms with E-state index in [1.807, 2.05) is 23.6 Å². The second-order valence-corrected chi connectivity index (χ2v) is 9.60. The van der Waals surface area contributed by atoms with Crippen LogP contribution in [0.25, 0.3) is 22.3 Å². The molecular formula is C26H29ClF2N8. The standard InChI is InChI=1S/C26H28F2N8.ClH/c1-3-22(29)35-9-8-20-15(13-35)4-7-23(32-20)33-26-30-12-19(28)24(34-26)16-10-18(27)25-21(11-16)36(14(2)31-25)17-5-6-17;/h4,7,10-12,17,22H,3,5-6,8-9,13,29H2,1-2H3,(H,30,32,33,34);1H. The van der Waals surface area contributed by atoms with Crippen molar-refractivity contribution in [2.24, 2.45) is 5.73 Å². The van der Waals surface area contributed by atoms with E-state index >= 15 is 0 Å². The van der Waals surface area contributed by atoms with Gasteiger partial charge in [-0.05, 0) is 49.9 Å². The molecule has 194 valence electrons. The molecular weight excluding hydrogens is 498 g/mol. The predicted molar refractivity (Wildman–Crippen MR) is 141 cm³/mol. The highest BCUT2D eigenvalue weighted by molar-refractivity contribution is 5.85. The maximum Gasteiger partial charge on any atom is 0.229 e. The molecule has 1 fully saturated rings. The van der Waals surface area contributed by atoms with E-state index in [9.17, 15) is 8.78 Å². The summed E-state index contributed by atoms with van der Waals surface area (Å²) in [7, 11) is 0. The van der Waals surface area contributed by atoms with Crippen LogP contribution in [0.3, 0.4) is 0 Å². The molecule has 1 aromatic carbocycles. The number of nitrogens with two attached hydrogens (primary N) is 1. The zero-order valence-electron chi connectivity index (χ0n) is 20.7. The van der Waals surface area contributed by atoms with E-state index in [2.05, 4.69) is 32.1 Å². The third kappa shape index (κ3) is 4.76. The quantitative estimate of drug-likeness (QED) is 0.363. The average Bonchev–Trinajstić information content (AvgIpc) is 3.65. The molecule has 4 heterocycles. The normalized spacial score (nSPS) is 16.4.